The van der Waals surface area contributed by atoms with Crippen LogP contribution in [-0.4, -0.2) is 31.8 Å². The molecule has 7 heteroatoms. The van der Waals surface area contributed by atoms with Crippen molar-refractivity contribution in [3.63, 3.8) is 0 Å². The average Bonchev–Trinajstić information content (AvgIpc) is 3.15. The molecule has 0 unspecified atom stereocenters. The van der Waals surface area contributed by atoms with Gasteiger partial charge < -0.3 is 5.32 Å². The van der Waals surface area contributed by atoms with Crippen molar-refractivity contribution >= 4 is 16.9 Å². The van der Waals surface area contributed by atoms with Crippen LogP contribution in [0, 0.1) is 6.92 Å². The first-order valence-electron chi connectivity index (χ1n) is 9.87. The lowest BCUT2D eigenvalue weighted by atomic mass is 10.1. The Balaban J connectivity index is 1.39. The van der Waals surface area contributed by atoms with E-state index in [1.165, 1.54) is 0 Å². The molecule has 0 aliphatic heterocycles. The Hall–Kier alpha value is -3.74. The van der Waals surface area contributed by atoms with Crippen LogP contribution in [0.1, 0.15) is 16.7 Å². The number of benzene rings is 2. The van der Waals surface area contributed by atoms with Gasteiger partial charge in [0, 0.05) is 6.54 Å². The zero-order chi connectivity index (χ0) is 20.9. The number of hydrogen-bond acceptors (Lipinski definition) is 4. The van der Waals surface area contributed by atoms with E-state index in [4.69, 9.17) is 0 Å². The molecule has 2 aromatic heterocycles. The fourth-order valence-electron chi connectivity index (χ4n) is 3.43. The number of fused-ring (bicyclic) bond motifs is 1. The number of rotatable bonds is 7. The predicted molar refractivity (Wildman–Crippen MR) is 115 cm³/mol. The van der Waals surface area contributed by atoms with Gasteiger partial charge in [0.05, 0.1) is 25.7 Å². The zero-order valence-electron chi connectivity index (χ0n) is 16.8. The maximum atomic E-state index is 12.8. The largest absolute Gasteiger partial charge is 0.354 e. The van der Waals surface area contributed by atoms with Crippen molar-refractivity contribution < 1.29 is 4.79 Å². The molecule has 1 N–H and O–H groups in total. The summed E-state index contributed by atoms with van der Waals surface area (Å²) < 4.78 is 3.23. The maximum Gasteiger partial charge on any atom is 0.264 e. The smallest absolute Gasteiger partial charge is 0.264 e. The summed E-state index contributed by atoms with van der Waals surface area (Å²) in [6.07, 6.45) is 3.43. The maximum absolute atomic E-state index is 12.8. The molecule has 0 aliphatic rings. The van der Waals surface area contributed by atoms with E-state index in [2.05, 4.69) is 15.4 Å². The first-order valence-corrected chi connectivity index (χ1v) is 9.87. The second kappa shape index (κ2) is 8.73. The van der Waals surface area contributed by atoms with Crippen LogP contribution in [0.3, 0.4) is 0 Å². The van der Waals surface area contributed by atoms with Crippen LogP contribution >= 0.6 is 0 Å². The van der Waals surface area contributed by atoms with Crippen LogP contribution in [0.4, 0.5) is 0 Å². The van der Waals surface area contributed by atoms with E-state index in [1.807, 2.05) is 61.5 Å². The first kappa shape index (κ1) is 19.6. The molecule has 0 radical (unpaired) electrons. The Morgan fingerprint density at radius 2 is 1.87 bits per heavy atom. The monoisotopic (exact) mass is 401 g/mol. The molecule has 0 aliphatic carbocycles. The Bertz CT molecular complexity index is 1230. The lowest BCUT2D eigenvalue weighted by Crippen LogP contribution is -2.29. The summed E-state index contributed by atoms with van der Waals surface area (Å²) in [6, 6.07) is 17.7. The Kier molecular flexibility index (Phi) is 5.70. The number of amides is 1. The molecule has 30 heavy (non-hydrogen) atoms. The Morgan fingerprint density at radius 1 is 1.07 bits per heavy atom. The van der Waals surface area contributed by atoms with Gasteiger partial charge in [0.2, 0.25) is 5.91 Å². The number of nitrogens with zero attached hydrogens (tertiary/aromatic N) is 4. The van der Waals surface area contributed by atoms with Gasteiger partial charge in [-0.25, -0.2) is 9.67 Å². The zero-order valence-corrected chi connectivity index (χ0v) is 16.8. The first-order chi connectivity index (χ1) is 14.6. The van der Waals surface area contributed by atoms with Crippen LogP contribution in [0.25, 0.3) is 11.0 Å². The molecule has 0 saturated heterocycles. The third kappa shape index (κ3) is 4.46. The summed E-state index contributed by atoms with van der Waals surface area (Å²) in [5, 5.41) is 7.66. The highest BCUT2D eigenvalue weighted by Gasteiger charge is 2.11. The molecule has 0 spiro atoms. The van der Waals surface area contributed by atoms with E-state index in [9.17, 15) is 9.59 Å². The van der Waals surface area contributed by atoms with Gasteiger partial charge in [-0.3, -0.25) is 14.2 Å². The van der Waals surface area contributed by atoms with Crippen LogP contribution in [0.15, 0.2) is 71.9 Å². The van der Waals surface area contributed by atoms with E-state index in [-0.39, 0.29) is 11.5 Å². The highest BCUT2D eigenvalue weighted by molar-refractivity contribution is 5.78. The van der Waals surface area contributed by atoms with Crippen LogP contribution in [0.5, 0.6) is 0 Å². The number of hydrogen-bond donors (Lipinski definition) is 1. The van der Waals surface area contributed by atoms with Gasteiger partial charge in [0.1, 0.15) is 11.7 Å². The number of nitrogens with one attached hydrogen (secondary N) is 1. The van der Waals surface area contributed by atoms with Gasteiger partial charge in [0.25, 0.3) is 5.56 Å². The second-order valence-electron chi connectivity index (χ2n) is 7.28. The minimum absolute atomic E-state index is 0.0461. The van der Waals surface area contributed by atoms with Crippen molar-refractivity contribution in [1.82, 2.24) is 24.6 Å². The predicted octanol–water partition coefficient (Wildman–Crippen LogP) is 2.31. The van der Waals surface area contributed by atoms with Gasteiger partial charge in [-0.2, -0.15) is 5.10 Å². The van der Waals surface area contributed by atoms with Crippen molar-refractivity contribution in [2.75, 3.05) is 6.54 Å². The van der Waals surface area contributed by atoms with Gasteiger partial charge in [-0.1, -0.05) is 60.2 Å². The fraction of sp³-hybridized carbons (Fsp3) is 0.217. The summed E-state index contributed by atoms with van der Waals surface area (Å²) in [4.78, 5) is 29.4. The number of aromatic nitrogens is 4. The van der Waals surface area contributed by atoms with Crippen molar-refractivity contribution in [1.29, 1.82) is 0 Å². The molecule has 2 heterocycles. The minimum atomic E-state index is -0.126. The van der Waals surface area contributed by atoms with Crippen molar-refractivity contribution in [2.45, 2.75) is 26.4 Å². The SMILES string of the molecule is Cc1cccc(CC(=O)NCCn2ncc3c(=O)n(Cc4ccccc4)cnc32)c1. The van der Waals surface area contributed by atoms with Gasteiger partial charge in [0.15, 0.2) is 5.65 Å². The topological polar surface area (TPSA) is 81.8 Å². The Morgan fingerprint density at radius 3 is 2.67 bits per heavy atom. The van der Waals surface area contributed by atoms with E-state index in [0.29, 0.717) is 37.1 Å². The van der Waals surface area contributed by atoms with Crippen molar-refractivity contribution in [3.05, 3.63) is 94.2 Å². The number of aryl methyl sites for hydroxylation is 1. The van der Waals surface area contributed by atoms with Crippen molar-refractivity contribution in [2.24, 2.45) is 0 Å². The van der Waals surface area contributed by atoms with Crippen molar-refractivity contribution in [3.8, 4) is 0 Å². The standard InChI is InChI=1S/C23H23N5O2/c1-17-6-5-9-19(12-17)13-21(29)24-10-11-28-22-20(14-26-28)23(30)27(16-25-22)15-18-7-3-2-4-8-18/h2-9,12,14,16H,10-11,13,15H2,1H3,(H,24,29). The quantitative estimate of drug-likeness (QED) is 0.515. The van der Waals surface area contributed by atoms with Crippen LogP contribution < -0.4 is 10.9 Å². The molecule has 7 nitrogen and oxygen atoms in total. The molecular weight excluding hydrogens is 378 g/mol. The second-order valence-corrected chi connectivity index (χ2v) is 7.28. The third-order valence-electron chi connectivity index (χ3n) is 4.91. The molecule has 0 atom stereocenters. The van der Waals surface area contributed by atoms with E-state index < -0.39 is 0 Å². The molecule has 0 fully saturated rings. The molecule has 1 amide bonds. The molecule has 0 saturated carbocycles. The van der Waals surface area contributed by atoms with E-state index in [1.54, 1.807) is 21.8 Å². The van der Waals surface area contributed by atoms with Gasteiger partial charge >= 0.3 is 0 Å². The summed E-state index contributed by atoms with van der Waals surface area (Å²) in [5.74, 6) is -0.0461. The summed E-state index contributed by atoms with van der Waals surface area (Å²) in [5.41, 5.74) is 3.55. The Labute approximate surface area is 174 Å². The number of carbonyl (C=O) groups excluding carboxylic acids is 1. The lowest BCUT2D eigenvalue weighted by Gasteiger charge is -2.08. The molecule has 152 valence electrons. The van der Waals surface area contributed by atoms with Crippen LogP contribution in [0.2, 0.25) is 0 Å². The van der Waals surface area contributed by atoms with Gasteiger partial charge in [-0.05, 0) is 18.1 Å². The summed E-state index contributed by atoms with van der Waals surface area (Å²) in [7, 11) is 0. The van der Waals surface area contributed by atoms with E-state index in [0.717, 1.165) is 16.7 Å². The molecule has 4 aromatic rings. The normalized spacial score (nSPS) is 11.0. The average molecular weight is 401 g/mol. The van der Waals surface area contributed by atoms with E-state index >= 15 is 0 Å². The van der Waals surface area contributed by atoms with Gasteiger partial charge in [-0.15, -0.1) is 0 Å². The van der Waals surface area contributed by atoms with Crippen LogP contribution in [-0.2, 0) is 24.3 Å². The third-order valence-corrected chi connectivity index (χ3v) is 4.91. The summed E-state index contributed by atoms with van der Waals surface area (Å²) in [6.45, 7) is 3.32. The molecule has 4 rings (SSSR count). The highest BCUT2D eigenvalue weighted by atomic mass is 16.1. The summed E-state index contributed by atoms with van der Waals surface area (Å²) >= 11 is 0. The molecule has 0 bridgehead atoms. The lowest BCUT2D eigenvalue weighted by molar-refractivity contribution is -0.120. The fourth-order valence-corrected chi connectivity index (χ4v) is 3.43. The molecule has 2 aromatic carbocycles. The molecular formula is C23H23N5O2. The number of carbonyl (C=O) groups is 1. The minimum Gasteiger partial charge on any atom is -0.354 e. The highest BCUT2D eigenvalue weighted by Crippen LogP contribution is 2.07.